The fraction of sp³-hybridized carbons (Fsp3) is 0.111. The molecule has 1 heterocycles. The topological polar surface area (TPSA) is 71.6 Å². The molecule has 0 unspecified atom stereocenters. The van der Waals surface area contributed by atoms with Gasteiger partial charge in [0.15, 0.2) is 16.6 Å². The Morgan fingerprint density at radius 3 is 2.85 bits per heavy atom. The van der Waals surface area contributed by atoms with E-state index in [4.69, 9.17) is 33.3 Å². The highest BCUT2D eigenvalue weighted by molar-refractivity contribution is 7.80. The van der Waals surface area contributed by atoms with Crippen molar-refractivity contribution in [1.29, 1.82) is 0 Å². The van der Waals surface area contributed by atoms with Crippen molar-refractivity contribution < 1.29 is 18.7 Å². The summed E-state index contributed by atoms with van der Waals surface area (Å²) in [6.45, 7) is 0.642. The quantitative estimate of drug-likeness (QED) is 0.411. The normalized spacial score (nSPS) is 12.1. The maximum Gasteiger partial charge on any atom is 0.262 e. The van der Waals surface area contributed by atoms with Gasteiger partial charge in [0.2, 0.25) is 6.79 Å². The summed E-state index contributed by atoms with van der Waals surface area (Å²) in [5, 5.41) is 3.38. The lowest BCUT2D eigenvalue weighted by Crippen LogP contribution is -2.45. The standard InChI is InChI=1S/C18H15ClFN3O3S/c19-13-2-1-3-14(20)12(13)5-7-17(24)22-23-18(27)21-9-11-4-6-15-16(8-11)26-10-25-15/h1-8H,9-10H2,(H,22,24)(H2,21,23,27)/b7-5+. The molecular formula is C18H15ClFN3O3S. The Bertz CT molecular complexity index is 887. The highest BCUT2D eigenvalue weighted by Gasteiger charge is 2.13. The molecule has 0 radical (unpaired) electrons. The summed E-state index contributed by atoms with van der Waals surface area (Å²) in [6.07, 6.45) is 2.44. The van der Waals surface area contributed by atoms with Crippen molar-refractivity contribution in [3.05, 3.63) is 64.4 Å². The van der Waals surface area contributed by atoms with E-state index >= 15 is 0 Å². The monoisotopic (exact) mass is 407 g/mol. The van der Waals surface area contributed by atoms with Crippen LogP contribution in [0.1, 0.15) is 11.1 Å². The molecule has 3 N–H and O–H groups in total. The summed E-state index contributed by atoms with van der Waals surface area (Å²) in [5.74, 6) is 0.355. The molecule has 2 aromatic rings. The number of halogens is 2. The van der Waals surface area contributed by atoms with E-state index in [0.717, 1.165) is 11.6 Å². The van der Waals surface area contributed by atoms with E-state index in [1.807, 2.05) is 18.2 Å². The Kier molecular flexibility index (Phi) is 6.10. The lowest BCUT2D eigenvalue weighted by Gasteiger charge is -2.11. The number of hydrazine groups is 1. The second-order valence-corrected chi connectivity index (χ2v) is 6.27. The molecule has 0 saturated carbocycles. The van der Waals surface area contributed by atoms with Crippen molar-refractivity contribution >= 4 is 40.9 Å². The number of benzene rings is 2. The summed E-state index contributed by atoms with van der Waals surface area (Å²) < 4.78 is 24.2. The van der Waals surface area contributed by atoms with Crippen molar-refractivity contribution in [3.8, 4) is 11.5 Å². The van der Waals surface area contributed by atoms with Gasteiger partial charge >= 0.3 is 0 Å². The van der Waals surface area contributed by atoms with Crippen LogP contribution in [0.3, 0.4) is 0 Å². The van der Waals surface area contributed by atoms with Crippen LogP contribution in [0.5, 0.6) is 11.5 Å². The lowest BCUT2D eigenvalue weighted by molar-refractivity contribution is -0.116. The van der Waals surface area contributed by atoms with Gasteiger partial charge in [-0.25, -0.2) is 4.39 Å². The second-order valence-electron chi connectivity index (χ2n) is 5.45. The molecule has 3 rings (SSSR count). The van der Waals surface area contributed by atoms with Crippen molar-refractivity contribution in [2.45, 2.75) is 6.54 Å². The molecule has 0 fully saturated rings. The molecule has 1 aliphatic heterocycles. The van der Waals surface area contributed by atoms with Crippen LogP contribution in [0, 0.1) is 5.82 Å². The molecule has 0 atom stereocenters. The molecule has 0 aromatic heterocycles. The van der Waals surface area contributed by atoms with Crippen molar-refractivity contribution in [3.63, 3.8) is 0 Å². The van der Waals surface area contributed by atoms with Gasteiger partial charge in [-0.3, -0.25) is 15.6 Å². The fourth-order valence-electron chi connectivity index (χ4n) is 2.27. The summed E-state index contributed by atoms with van der Waals surface area (Å²) in [5.41, 5.74) is 6.01. The predicted octanol–water partition coefficient (Wildman–Crippen LogP) is 2.92. The van der Waals surface area contributed by atoms with Crippen LogP contribution in [-0.2, 0) is 11.3 Å². The van der Waals surface area contributed by atoms with Crippen molar-refractivity contribution in [1.82, 2.24) is 16.2 Å². The highest BCUT2D eigenvalue weighted by atomic mass is 35.5. The first kappa shape index (κ1) is 18.9. The van der Waals surface area contributed by atoms with Gasteiger partial charge in [0.1, 0.15) is 5.82 Å². The lowest BCUT2D eigenvalue weighted by atomic mass is 10.2. The van der Waals surface area contributed by atoms with Crippen LogP contribution in [0.2, 0.25) is 5.02 Å². The Morgan fingerprint density at radius 2 is 2.04 bits per heavy atom. The van der Waals surface area contributed by atoms with Crippen LogP contribution in [0.25, 0.3) is 6.08 Å². The Labute approximate surface area is 165 Å². The third kappa shape index (κ3) is 5.08. The molecule has 0 aliphatic carbocycles. The van der Waals surface area contributed by atoms with Crippen LogP contribution >= 0.6 is 23.8 Å². The molecule has 0 bridgehead atoms. The minimum atomic E-state index is -0.513. The number of hydrogen-bond acceptors (Lipinski definition) is 4. The van der Waals surface area contributed by atoms with E-state index in [1.165, 1.54) is 24.3 Å². The van der Waals surface area contributed by atoms with E-state index in [1.54, 1.807) is 0 Å². The summed E-state index contributed by atoms with van der Waals surface area (Å²) in [4.78, 5) is 11.8. The summed E-state index contributed by atoms with van der Waals surface area (Å²) in [7, 11) is 0. The Morgan fingerprint density at radius 1 is 1.22 bits per heavy atom. The van der Waals surface area contributed by atoms with Crippen LogP contribution in [0.15, 0.2) is 42.5 Å². The molecule has 2 aromatic carbocycles. The summed E-state index contributed by atoms with van der Waals surface area (Å²) in [6, 6.07) is 9.82. The molecule has 9 heteroatoms. The minimum absolute atomic E-state index is 0.137. The first-order valence-corrected chi connectivity index (χ1v) is 8.66. The van der Waals surface area contributed by atoms with Gasteiger partial charge in [-0.05, 0) is 48.1 Å². The first-order valence-electron chi connectivity index (χ1n) is 7.87. The van der Waals surface area contributed by atoms with E-state index < -0.39 is 11.7 Å². The number of thiocarbonyl (C=S) groups is 1. The van der Waals surface area contributed by atoms with Gasteiger partial charge in [-0.1, -0.05) is 23.7 Å². The molecule has 0 spiro atoms. The molecule has 140 valence electrons. The number of rotatable bonds is 4. The number of carbonyl (C=O) groups is 1. The van der Waals surface area contributed by atoms with Gasteiger partial charge in [0.25, 0.3) is 5.91 Å². The third-order valence-corrected chi connectivity index (χ3v) is 4.17. The number of carbonyl (C=O) groups excluding carboxylic acids is 1. The van der Waals surface area contributed by atoms with Crippen LogP contribution in [-0.4, -0.2) is 17.8 Å². The number of nitrogens with one attached hydrogen (secondary N) is 3. The van der Waals surface area contributed by atoms with Crippen molar-refractivity contribution in [2.24, 2.45) is 0 Å². The number of hydrogen-bond donors (Lipinski definition) is 3. The number of fused-ring (bicyclic) bond motifs is 1. The second kappa shape index (κ2) is 8.70. The third-order valence-electron chi connectivity index (χ3n) is 3.59. The predicted molar refractivity (Wildman–Crippen MR) is 104 cm³/mol. The number of amides is 1. The first-order chi connectivity index (χ1) is 13.0. The Balaban J connectivity index is 1.45. The minimum Gasteiger partial charge on any atom is -0.454 e. The van der Waals surface area contributed by atoms with Gasteiger partial charge in [0, 0.05) is 18.2 Å². The van der Waals surface area contributed by atoms with Crippen LogP contribution < -0.4 is 25.6 Å². The fourth-order valence-corrected chi connectivity index (χ4v) is 2.62. The SMILES string of the molecule is O=C(/C=C/c1c(F)cccc1Cl)NNC(=S)NCc1ccc2c(c1)OCO2. The zero-order valence-corrected chi connectivity index (χ0v) is 15.5. The molecule has 0 saturated heterocycles. The maximum absolute atomic E-state index is 13.6. The van der Waals surface area contributed by atoms with E-state index in [-0.39, 0.29) is 22.5 Å². The number of ether oxygens (including phenoxy) is 2. The zero-order valence-electron chi connectivity index (χ0n) is 13.9. The zero-order chi connectivity index (χ0) is 19.2. The molecular weight excluding hydrogens is 393 g/mol. The largest absolute Gasteiger partial charge is 0.454 e. The van der Waals surface area contributed by atoms with E-state index in [2.05, 4.69) is 16.2 Å². The van der Waals surface area contributed by atoms with E-state index in [0.29, 0.717) is 18.0 Å². The Hall–Kier alpha value is -2.84. The summed E-state index contributed by atoms with van der Waals surface area (Å²) >= 11 is 11.0. The van der Waals surface area contributed by atoms with Crippen LogP contribution in [0.4, 0.5) is 4.39 Å². The van der Waals surface area contributed by atoms with Gasteiger partial charge in [-0.15, -0.1) is 0 Å². The van der Waals surface area contributed by atoms with Gasteiger partial charge in [0.05, 0.1) is 5.02 Å². The maximum atomic E-state index is 13.6. The molecule has 6 nitrogen and oxygen atoms in total. The highest BCUT2D eigenvalue weighted by Crippen LogP contribution is 2.32. The smallest absolute Gasteiger partial charge is 0.262 e. The van der Waals surface area contributed by atoms with Gasteiger partial charge in [-0.2, -0.15) is 0 Å². The van der Waals surface area contributed by atoms with E-state index in [9.17, 15) is 9.18 Å². The molecule has 1 amide bonds. The van der Waals surface area contributed by atoms with Gasteiger partial charge < -0.3 is 14.8 Å². The molecule has 27 heavy (non-hydrogen) atoms. The molecule has 1 aliphatic rings. The van der Waals surface area contributed by atoms with Crippen molar-refractivity contribution in [2.75, 3.05) is 6.79 Å². The average molecular weight is 408 g/mol. The average Bonchev–Trinajstić information content (AvgIpc) is 3.12.